The third-order valence-corrected chi connectivity index (χ3v) is 3.29. The first-order valence-electron chi connectivity index (χ1n) is 5.89. The van der Waals surface area contributed by atoms with Crippen molar-refractivity contribution < 1.29 is 10.1 Å². The molecule has 1 atom stereocenters. The molecule has 0 radical (unpaired) electrons. The van der Waals surface area contributed by atoms with E-state index in [1.165, 1.54) is 11.1 Å². The maximum absolute atomic E-state index is 11.9. The van der Waals surface area contributed by atoms with Gasteiger partial charge in [-0.25, -0.2) is 0 Å². The van der Waals surface area contributed by atoms with Crippen molar-refractivity contribution in [2.75, 3.05) is 20.1 Å². The van der Waals surface area contributed by atoms with E-state index >= 15 is 0 Å². The number of carbonyl (C=O) groups excluding carboxylic acids is 1. The Morgan fingerprint density at radius 2 is 2.25 bits per heavy atom. The molecule has 1 aliphatic rings. The van der Waals surface area contributed by atoms with Crippen LogP contribution in [0.1, 0.15) is 24.1 Å². The fraction of sp³-hybridized carbons (Fsp3) is 0.462. The minimum Gasteiger partial charge on any atom is -0.341 e. The van der Waals surface area contributed by atoms with Crippen LogP contribution in [0.3, 0.4) is 0 Å². The predicted octanol–water partition coefficient (Wildman–Crippen LogP) is 0.325. The molecule has 0 fully saturated rings. The van der Waals surface area contributed by atoms with E-state index in [0.29, 0.717) is 6.54 Å². The summed E-state index contributed by atoms with van der Waals surface area (Å²) in [6, 6.07) is 8.64. The van der Waals surface area contributed by atoms with E-state index in [0.717, 1.165) is 13.0 Å². The Morgan fingerprint density at radius 3 is 3.00 bits per heavy atom. The first-order valence-corrected chi connectivity index (χ1v) is 5.89. The minimum absolute atomic E-state index is 0.220. The number of benzene rings is 1. The number of quaternary nitrogens is 1. The van der Waals surface area contributed by atoms with E-state index in [2.05, 4.69) is 31.2 Å². The van der Waals surface area contributed by atoms with Gasteiger partial charge in [0.25, 0.3) is 5.91 Å². The smallest absolute Gasteiger partial charge is 0.278 e. The summed E-state index contributed by atoms with van der Waals surface area (Å²) in [5, 5.41) is 1.93. The number of rotatable bonds is 2. The van der Waals surface area contributed by atoms with Crippen LogP contribution in [-0.4, -0.2) is 30.9 Å². The van der Waals surface area contributed by atoms with Crippen LogP contribution in [0.5, 0.6) is 0 Å². The molecule has 0 saturated heterocycles. The lowest BCUT2D eigenvalue weighted by Crippen LogP contribution is -2.82. The Labute approximate surface area is 96.5 Å². The number of nitrogens with zero attached hydrogens (tertiary/aromatic N) is 1. The molecule has 1 aromatic carbocycles. The van der Waals surface area contributed by atoms with Gasteiger partial charge in [-0.05, 0) is 24.5 Å². The third-order valence-electron chi connectivity index (χ3n) is 3.29. The maximum Gasteiger partial charge on any atom is 0.278 e. The normalized spacial score (nSPS) is 19.4. The summed E-state index contributed by atoms with van der Waals surface area (Å²) in [5.41, 5.74) is 2.69. The molecule has 86 valence electrons. The van der Waals surface area contributed by atoms with Crippen molar-refractivity contribution in [3.8, 4) is 0 Å². The molecule has 1 heterocycles. The SMILES string of the molecule is C[NH2+]CC(=O)N1CCc2ccccc2[C@H]1C. The van der Waals surface area contributed by atoms with Gasteiger partial charge in [-0.3, -0.25) is 4.79 Å². The van der Waals surface area contributed by atoms with Gasteiger partial charge in [0, 0.05) is 6.54 Å². The lowest BCUT2D eigenvalue weighted by molar-refractivity contribution is -0.616. The third kappa shape index (κ3) is 1.95. The molecular weight excluding hydrogens is 200 g/mol. The summed E-state index contributed by atoms with van der Waals surface area (Å²) in [6.45, 7) is 3.52. The van der Waals surface area contributed by atoms with E-state index < -0.39 is 0 Å². The van der Waals surface area contributed by atoms with E-state index in [1.54, 1.807) is 0 Å². The molecule has 2 rings (SSSR count). The van der Waals surface area contributed by atoms with Gasteiger partial charge in [0.2, 0.25) is 0 Å². The van der Waals surface area contributed by atoms with Crippen molar-refractivity contribution in [2.45, 2.75) is 19.4 Å². The molecule has 0 bridgehead atoms. The highest BCUT2D eigenvalue weighted by molar-refractivity contribution is 5.77. The molecular formula is C13H19N2O+. The van der Waals surface area contributed by atoms with Gasteiger partial charge >= 0.3 is 0 Å². The standard InChI is InChI=1S/C13H18N2O/c1-10-12-6-4-3-5-11(12)7-8-15(10)13(16)9-14-2/h3-6,10,14H,7-9H2,1-2H3/p+1/t10-/m1/s1. The van der Waals surface area contributed by atoms with Crippen molar-refractivity contribution in [2.24, 2.45) is 0 Å². The Bertz CT molecular complexity index is 389. The van der Waals surface area contributed by atoms with Crippen LogP contribution < -0.4 is 5.32 Å². The predicted molar refractivity (Wildman–Crippen MR) is 63.0 cm³/mol. The van der Waals surface area contributed by atoms with E-state index in [-0.39, 0.29) is 11.9 Å². The molecule has 1 amide bonds. The molecule has 2 N–H and O–H groups in total. The van der Waals surface area contributed by atoms with E-state index in [9.17, 15) is 4.79 Å². The van der Waals surface area contributed by atoms with E-state index in [1.807, 2.05) is 17.3 Å². The quantitative estimate of drug-likeness (QED) is 0.764. The monoisotopic (exact) mass is 219 g/mol. The largest absolute Gasteiger partial charge is 0.341 e. The van der Waals surface area contributed by atoms with Crippen molar-refractivity contribution >= 4 is 5.91 Å². The average molecular weight is 219 g/mol. The van der Waals surface area contributed by atoms with Gasteiger partial charge in [-0.1, -0.05) is 24.3 Å². The Kier molecular flexibility index (Phi) is 3.25. The Balaban J connectivity index is 2.21. The number of hydrogen-bond donors (Lipinski definition) is 1. The second-order valence-corrected chi connectivity index (χ2v) is 4.32. The number of amides is 1. The van der Waals surface area contributed by atoms with Gasteiger partial charge in [0.05, 0.1) is 13.1 Å². The van der Waals surface area contributed by atoms with Crippen LogP contribution in [0.4, 0.5) is 0 Å². The van der Waals surface area contributed by atoms with Crippen LogP contribution in [-0.2, 0) is 11.2 Å². The van der Waals surface area contributed by atoms with Crippen molar-refractivity contribution in [3.05, 3.63) is 35.4 Å². The molecule has 1 aliphatic heterocycles. The lowest BCUT2D eigenvalue weighted by atomic mass is 9.93. The summed E-state index contributed by atoms with van der Waals surface area (Å²) >= 11 is 0. The number of likely N-dealkylation sites (N-methyl/N-ethyl adjacent to an activating group) is 1. The topological polar surface area (TPSA) is 36.9 Å². The highest BCUT2D eigenvalue weighted by Gasteiger charge is 2.27. The molecule has 3 nitrogen and oxygen atoms in total. The first kappa shape index (κ1) is 11.1. The van der Waals surface area contributed by atoms with E-state index in [4.69, 9.17) is 0 Å². The summed E-state index contributed by atoms with van der Waals surface area (Å²) < 4.78 is 0. The average Bonchev–Trinajstić information content (AvgIpc) is 2.30. The molecule has 1 aromatic rings. The number of carbonyl (C=O) groups is 1. The van der Waals surface area contributed by atoms with Gasteiger partial charge < -0.3 is 10.2 Å². The highest BCUT2D eigenvalue weighted by atomic mass is 16.2. The molecule has 0 aromatic heterocycles. The maximum atomic E-state index is 11.9. The van der Waals surface area contributed by atoms with Crippen LogP contribution in [0, 0.1) is 0 Å². The van der Waals surface area contributed by atoms with Crippen LogP contribution in [0.25, 0.3) is 0 Å². The molecule has 0 saturated carbocycles. The number of fused-ring (bicyclic) bond motifs is 1. The molecule has 0 unspecified atom stereocenters. The second kappa shape index (κ2) is 4.66. The van der Waals surface area contributed by atoms with Gasteiger partial charge in [0.15, 0.2) is 6.54 Å². The second-order valence-electron chi connectivity index (χ2n) is 4.32. The molecule has 3 heteroatoms. The van der Waals surface area contributed by atoms with Crippen LogP contribution in [0.2, 0.25) is 0 Å². The summed E-state index contributed by atoms with van der Waals surface area (Å²) in [4.78, 5) is 13.9. The first-order chi connectivity index (χ1) is 7.74. The molecule has 16 heavy (non-hydrogen) atoms. The van der Waals surface area contributed by atoms with Crippen LogP contribution >= 0.6 is 0 Å². The zero-order chi connectivity index (χ0) is 11.5. The van der Waals surface area contributed by atoms with Gasteiger partial charge in [0.1, 0.15) is 0 Å². The molecule has 0 aliphatic carbocycles. The number of nitrogens with two attached hydrogens (primary N) is 1. The van der Waals surface area contributed by atoms with Crippen molar-refractivity contribution in [3.63, 3.8) is 0 Å². The Morgan fingerprint density at radius 1 is 1.50 bits per heavy atom. The minimum atomic E-state index is 0.220. The molecule has 0 spiro atoms. The summed E-state index contributed by atoms with van der Waals surface area (Å²) in [7, 11) is 1.93. The Hall–Kier alpha value is -1.35. The van der Waals surface area contributed by atoms with Crippen LogP contribution in [0.15, 0.2) is 24.3 Å². The highest BCUT2D eigenvalue weighted by Crippen LogP contribution is 2.28. The fourth-order valence-corrected chi connectivity index (χ4v) is 2.40. The summed E-state index contributed by atoms with van der Waals surface area (Å²) in [6.07, 6.45) is 0.982. The lowest BCUT2D eigenvalue weighted by Gasteiger charge is -2.34. The summed E-state index contributed by atoms with van der Waals surface area (Å²) in [5.74, 6) is 0.240. The zero-order valence-corrected chi connectivity index (χ0v) is 9.94. The fourth-order valence-electron chi connectivity index (χ4n) is 2.40. The van der Waals surface area contributed by atoms with Crippen molar-refractivity contribution in [1.29, 1.82) is 0 Å². The van der Waals surface area contributed by atoms with Gasteiger partial charge in [-0.2, -0.15) is 0 Å². The van der Waals surface area contributed by atoms with Crippen molar-refractivity contribution in [1.82, 2.24) is 4.90 Å². The number of hydrogen-bond acceptors (Lipinski definition) is 1. The zero-order valence-electron chi connectivity index (χ0n) is 9.94. The van der Waals surface area contributed by atoms with Gasteiger partial charge in [-0.15, -0.1) is 0 Å².